The van der Waals surface area contributed by atoms with Crippen molar-refractivity contribution in [1.29, 1.82) is 0 Å². The second-order valence-corrected chi connectivity index (χ2v) is 5.31. The molecule has 0 aromatic carbocycles. The molecular weight excluding hydrogens is 284 g/mol. The van der Waals surface area contributed by atoms with Crippen molar-refractivity contribution in [2.75, 3.05) is 0 Å². The minimum Gasteiger partial charge on any atom is -0.346 e. The van der Waals surface area contributed by atoms with Crippen LogP contribution in [0.25, 0.3) is 10.6 Å². The third-order valence-electron chi connectivity index (χ3n) is 2.79. The average molecular weight is 296 g/mol. The van der Waals surface area contributed by atoms with Gasteiger partial charge in [-0.25, -0.2) is 4.98 Å². The highest BCUT2D eigenvalue weighted by atomic mass is 32.1. The second-order valence-electron chi connectivity index (χ2n) is 4.28. The van der Waals surface area contributed by atoms with E-state index in [0.717, 1.165) is 16.3 Å². The van der Waals surface area contributed by atoms with Crippen LogP contribution in [0.4, 0.5) is 0 Å². The summed E-state index contributed by atoms with van der Waals surface area (Å²) in [6.07, 6.45) is 6.72. The molecule has 6 heteroatoms. The fraction of sp³-hybridized carbons (Fsp3) is 0.0667. The Labute approximate surface area is 125 Å². The molecule has 1 N–H and O–H groups in total. The molecule has 1 amide bonds. The van der Waals surface area contributed by atoms with Crippen LogP contribution in [-0.2, 0) is 6.54 Å². The molecule has 0 unspecified atom stereocenters. The number of rotatable bonds is 4. The van der Waals surface area contributed by atoms with Gasteiger partial charge in [-0.3, -0.25) is 14.8 Å². The van der Waals surface area contributed by atoms with E-state index >= 15 is 0 Å². The molecule has 0 spiro atoms. The van der Waals surface area contributed by atoms with E-state index in [1.807, 2.05) is 30.3 Å². The Kier molecular flexibility index (Phi) is 3.97. The summed E-state index contributed by atoms with van der Waals surface area (Å²) in [6, 6.07) is 9.36. The number of amides is 1. The van der Waals surface area contributed by atoms with E-state index in [4.69, 9.17) is 0 Å². The van der Waals surface area contributed by atoms with E-state index in [-0.39, 0.29) is 5.91 Å². The molecule has 5 nitrogen and oxygen atoms in total. The number of nitrogens with zero attached hydrogens (tertiary/aromatic N) is 3. The standard InChI is InChI=1S/C15H12N4OS/c20-14(18-9-12-5-1-2-7-17-12)13-10-19-15(21-13)11-4-3-6-16-8-11/h1-8,10H,9H2,(H,18,20). The van der Waals surface area contributed by atoms with E-state index in [9.17, 15) is 4.79 Å². The van der Waals surface area contributed by atoms with Gasteiger partial charge in [-0.05, 0) is 24.3 Å². The van der Waals surface area contributed by atoms with Crippen LogP contribution in [0.3, 0.4) is 0 Å². The van der Waals surface area contributed by atoms with E-state index in [2.05, 4.69) is 20.3 Å². The Balaban J connectivity index is 1.67. The fourth-order valence-corrected chi connectivity index (χ4v) is 2.59. The maximum atomic E-state index is 12.1. The minimum atomic E-state index is -0.145. The number of aromatic nitrogens is 3. The molecule has 0 fully saturated rings. The summed E-state index contributed by atoms with van der Waals surface area (Å²) in [5.41, 5.74) is 1.73. The normalized spacial score (nSPS) is 10.3. The average Bonchev–Trinajstić information content (AvgIpc) is 3.04. The molecule has 0 radical (unpaired) electrons. The van der Waals surface area contributed by atoms with Gasteiger partial charge in [-0.2, -0.15) is 0 Å². The van der Waals surface area contributed by atoms with Gasteiger partial charge in [-0.15, -0.1) is 11.3 Å². The topological polar surface area (TPSA) is 67.8 Å². The zero-order chi connectivity index (χ0) is 14.5. The summed E-state index contributed by atoms with van der Waals surface area (Å²) < 4.78 is 0. The zero-order valence-electron chi connectivity index (χ0n) is 11.1. The second kappa shape index (κ2) is 6.23. The van der Waals surface area contributed by atoms with Crippen LogP contribution in [0.2, 0.25) is 0 Å². The van der Waals surface area contributed by atoms with Gasteiger partial charge in [0, 0.05) is 24.2 Å². The molecule has 104 valence electrons. The molecule has 0 aliphatic carbocycles. The smallest absolute Gasteiger partial charge is 0.263 e. The van der Waals surface area contributed by atoms with Crippen molar-refractivity contribution in [2.24, 2.45) is 0 Å². The van der Waals surface area contributed by atoms with Crippen LogP contribution in [0, 0.1) is 0 Å². The third kappa shape index (κ3) is 3.29. The molecule has 3 heterocycles. The van der Waals surface area contributed by atoms with Crippen LogP contribution >= 0.6 is 11.3 Å². The summed E-state index contributed by atoms with van der Waals surface area (Å²) in [7, 11) is 0. The van der Waals surface area contributed by atoms with E-state index in [1.165, 1.54) is 11.3 Å². The van der Waals surface area contributed by atoms with Crippen molar-refractivity contribution in [2.45, 2.75) is 6.54 Å². The highest BCUT2D eigenvalue weighted by molar-refractivity contribution is 7.16. The van der Waals surface area contributed by atoms with Gasteiger partial charge < -0.3 is 5.32 Å². The number of pyridine rings is 2. The molecule has 0 saturated heterocycles. The van der Waals surface area contributed by atoms with Gasteiger partial charge in [0.15, 0.2) is 0 Å². The largest absolute Gasteiger partial charge is 0.346 e. The molecule has 21 heavy (non-hydrogen) atoms. The van der Waals surface area contributed by atoms with Gasteiger partial charge in [0.2, 0.25) is 0 Å². The molecule has 0 aliphatic rings. The van der Waals surface area contributed by atoms with Crippen LogP contribution in [-0.4, -0.2) is 20.9 Å². The molecule has 0 aliphatic heterocycles. The van der Waals surface area contributed by atoms with Crippen molar-refractivity contribution in [3.05, 3.63) is 65.7 Å². The monoisotopic (exact) mass is 296 g/mol. The highest BCUT2D eigenvalue weighted by Gasteiger charge is 2.11. The first-order chi connectivity index (χ1) is 10.3. The number of nitrogens with one attached hydrogen (secondary N) is 1. The lowest BCUT2D eigenvalue weighted by Crippen LogP contribution is -2.22. The molecule has 3 aromatic rings. The first-order valence-corrected chi connectivity index (χ1v) is 7.19. The number of thiazole rings is 1. The predicted octanol–water partition coefficient (Wildman–Crippen LogP) is 2.53. The van der Waals surface area contributed by atoms with Crippen molar-refractivity contribution in [3.63, 3.8) is 0 Å². The first kappa shape index (κ1) is 13.4. The van der Waals surface area contributed by atoms with Crippen LogP contribution in [0.15, 0.2) is 55.1 Å². The molecular formula is C15H12N4OS. The van der Waals surface area contributed by atoms with Crippen molar-refractivity contribution < 1.29 is 4.79 Å². The lowest BCUT2D eigenvalue weighted by molar-refractivity contribution is 0.0954. The molecule has 0 bridgehead atoms. The minimum absolute atomic E-state index is 0.145. The van der Waals surface area contributed by atoms with Gasteiger partial charge in [0.05, 0.1) is 18.4 Å². The lowest BCUT2D eigenvalue weighted by atomic mass is 10.3. The highest BCUT2D eigenvalue weighted by Crippen LogP contribution is 2.24. The summed E-state index contributed by atoms with van der Waals surface area (Å²) in [4.78, 5) is 25.1. The summed E-state index contributed by atoms with van der Waals surface area (Å²) in [6.45, 7) is 0.403. The number of hydrogen-bond donors (Lipinski definition) is 1. The Bertz CT molecular complexity index is 728. The maximum absolute atomic E-state index is 12.1. The Morgan fingerprint density at radius 3 is 2.81 bits per heavy atom. The Morgan fingerprint density at radius 1 is 1.10 bits per heavy atom. The van der Waals surface area contributed by atoms with Gasteiger partial charge in [-0.1, -0.05) is 6.07 Å². The quantitative estimate of drug-likeness (QED) is 0.803. The summed E-state index contributed by atoms with van der Waals surface area (Å²) >= 11 is 1.35. The van der Waals surface area contributed by atoms with E-state index in [1.54, 1.807) is 24.8 Å². The third-order valence-corrected chi connectivity index (χ3v) is 3.84. The van der Waals surface area contributed by atoms with Gasteiger partial charge >= 0.3 is 0 Å². The zero-order valence-corrected chi connectivity index (χ0v) is 11.9. The van der Waals surface area contributed by atoms with Crippen LogP contribution in [0.5, 0.6) is 0 Å². The van der Waals surface area contributed by atoms with E-state index < -0.39 is 0 Å². The first-order valence-electron chi connectivity index (χ1n) is 6.37. The maximum Gasteiger partial charge on any atom is 0.263 e. The summed E-state index contributed by atoms with van der Waals surface area (Å²) in [5.74, 6) is -0.145. The number of carbonyl (C=O) groups excluding carboxylic acids is 1. The molecule has 3 aromatic heterocycles. The summed E-state index contributed by atoms with van der Waals surface area (Å²) in [5, 5.41) is 3.62. The van der Waals surface area contributed by atoms with Crippen molar-refractivity contribution >= 4 is 17.2 Å². The van der Waals surface area contributed by atoms with Gasteiger partial charge in [0.25, 0.3) is 5.91 Å². The molecule has 3 rings (SSSR count). The fourth-order valence-electron chi connectivity index (χ4n) is 1.76. The van der Waals surface area contributed by atoms with Crippen molar-refractivity contribution in [1.82, 2.24) is 20.3 Å². The number of hydrogen-bond acceptors (Lipinski definition) is 5. The number of carbonyl (C=O) groups is 1. The lowest BCUT2D eigenvalue weighted by Gasteiger charge is -2.01. The Hall–Kier alpha value is -2.60. The Morgan fingerprint density at radius 2 is 2.05 bits per heavy atom. The van der Waals surface area contributed by atoms with Crippen molar-refractivity contribution in [3.8, 4) is 10.6 Å². The SMILES string of the molecule is O=C(NCc1ccccn1)c1cnc(-c2cccnc2)s1. The van der Waals surface area contributed by atoms with Crippen LogP contribution in [0.1, 0.15) is 15.4 Å². The van der Waals surface area contributed by atoms with Gasteiger partial charge in [0.1, 0.15) is 9.88 Å². The molecule has 0 atom stereocenters. The predicted molar refractivity (Wildman–Crippen MR) is 80.8 cm³/mol. The van der Waals surface area contributed by atoms with Crippen LogP contribution < -0.4 is 5.32 Å². The molecule has 0 saturated carbocycles. The van der Waals surface area contributed by atoms with E-state index in [0.29, 0.717) is 11.4 Å².